The molecule has 3 rings (SSSR count). The molecule has 1 aliphatic heterocycles. The average Bonchev–Trinajstić information content (AvgIpc) is 2.58. The summed E-state index contributed by atoms with van der Waals surface area (Å²) in [5, 5.41) is 17.6. The Bertz CT molecular complexity index is 921. The minimum absolute atomic E-state index is 0.0428. The van der Waals surface area contributed by atoms with Gasteiger partial charge in [-0.1, -0.05) is 18.2 Å². The topological polar surface area (TPSA) is 60.1 Å². The molecule has 0 saturated carbocycles. The number of halogens is 3. The SMILES string of the molecule is CN(C)c1ccc2c(c1)OC(=N)C(C#N)C2c1cccc(SC(F)(F)F)c1. The van der Waals surface area contributed by atoms with E-state index in [1.165, 1.54) is 18.2 Å². The summed E-state index contributed by atoms with van der Waals surface area (Å²) in [6.45, 7) is 0. The molecule has 0 spiro atoms. The van der Waals surface area contributed by atoms with Crippen LogP contribution in [0.1, 0.15) is 17.0 Å². The van der Waals surface area contributed by atoms with Gasteiger partial charge in [0.15, 0.2) is 0 Å². The summed E-state index contributed by atoms with van der Waals surface area (Å²) in [5.74, 6) is -1.25. The molecular weight excluding hydrogens is 375 g/mol. The lowest BCUT2D eigenvalue weighted by molar-refractivity contribution is -0.0328. The van der Waals surface area contributed by atoms with Crippen molar-refractivity contribution in [2.45, 2.75) is 16.3 Å². The van der Waals surface area contributed by atoms with Crippen molar-refractivity contribution in [2.75, 3.05) is 19.0 Å². The monoisotopic (exact) mass is 391 g/mol. The largest absolute Gasteiger partial charge is 0.446 e. The molecule has 0 aliphatic carbocycles. The zero-order valence-electron chi connectivity index (χ0n) is 14.5. The molecule has 2 atom stereocenters. The predicted octanol–water partition coefficient (Wildman–Crippen LogP) is 5.01. The van der Waals surface area contributed by atoms with Crippen molar-refractivity contribution < 1.29 is 17.9 Å². The van der Waals surface area contributed by atoms with Gasteiger partial charge in [0, 0.05) is 42.2 Å². The summed E-state index contributed by atoms with van der Waals surface area (Å²) < 4.78 is 43.7. The van der Waals surface area contributed by atoms with Gasteiger partial charge in [-0.2, -0.15) is 18.4 Å². The predicted molar refractivity (Wildman–Crippen MR) is 98.4 cm³/mol. The van der Waals surface area contributed by atoms with Gasteiger partial charge in [0.05, 0.1) is 6.07 Å². The zero-order chi connectivity index (χ0) is 19.8. The Hall–Kier alpha value is -2.66. The molecule has 1 N–H and O–H groups in total. The van der Waals surface area contributed by atoms with Gasteiger partial charge < -0.3 is 9.64 Å². The number of benzene rings is 2. The molecule has 0 amide bonds. The van der Waals surface area contributed by atoms with E-state index in [9.17, 15) is 18.4 Å². The maximum Gasteiger partial charge on any atom is 0.446 e. The second-order valence-electron chi connectivity index (χ2n) is 6.29. The number of nitriles is 1. The van der Waals surface area contributed by atoms with Crippen molar-refractivity contribution in [3.8, 4) is 11.8 Å². The highest BCUT2D eigenvalue weighted by Crippen LogP contribution is 2.45. The molecule has 0 saturated heterocycles. The minimum atomic E-state index is -4.39. The summed E-state index contributed by atoms with van der Waals surface area (Å²) in [6, 6.07) is 13.5. The quantitative estimate of drug-likeness (QED) is 0.748. The first-order chi connectivity index (χ1) is 12.7. The summed E-state index contributed by atoms with van der Waals surface area (Å²) >= 11 is -0.198. The van der Waals surface area contributed by atoms with Crippen LogP contribution in [0.3, 0.4) is 0 Å². The third-order valence-electron chi connectivity index (χ3n) is 4.27. The molecule has 2 aromatic carbocycles. The van der Waals surface area contributed by atoms with Gasteiger partial charge in [0.25, 0.3) is 0 Å². The first-order valence-corrected chi connectivity index (χ1v) is 8.84. The minimum Gasteiger partial charge on any atom is -0.442 e. The zero-order valence-corrected chi connectivity index (χ0v) is 15.4. The van der Waals surface area contributed by atoms with E-state index in [0.717, 1.165) is 5.69 Å². The Morgan fingerprint density at radius 3 is 2.56 bits per heavy atom. The van der Waals surface area contributed by atoms with Gasteiger partial charge in [-0.3, -0.25) is 5.41 Å². The normalized spacial score (nSPS) is 19.0. The van der Waals surface area contributed by atoms with Crippen LogP contribution in [0.4, 0.5) is 18.9 Å². The highest BCUT2D eigenvalue weighted by Gasteiger charge is 2.37. The molecule has 1 aliphatic rings. The number of anilines is 1. The Morgan fingerprint density at radius 2 is 1.93 bits per heavy atom. The Morgan fingerprint density at radius 1 is 1.19 bits per heavy atom. The van der Waals surface area contributed by atoms with Gasteiger partial charge in [-0.25, -0.2) is 0 Å². The molecular formula is C19H16F3N3OS. The lowest BCUT2D eigenvalue weighted by atomic mass is 9.79. The van der Waals surface area contributed by atoms with Crippen molar-refractivity contribution in [1.82, 2.24) is 0 Å². The first kappa shape index (κ1) is 19.1. The fourth-order valence-corrected chi connectivity index (χ4v) is 3.68. The smallest absolute Gasteiger partial charge is 0.442 e. The van der Waals surface area contributed by atoms with Crippen molar-refractivity contribution in [3.63, 3.8) is 0 Å². The van der Waals surface area contributed by atoms with Gasteiger partial charge in [-0.05, 0) is 35.5 Å². The van der Waals surface area contributed by atoms with E-state index in [0.29, 0.717) is 16.9 Å². The summed E-state index contributed by atoms with van der Waals surface area (Å²) in [6.07, 6.45) is 0. The van der Waals surface area contributed by atoms with Crippen molar-refractivity contribution in [1.29, 1.82) is 10.7 Å². The van der Waals surface area contributed by atoms with Crippen LogP contribution >= 0.6 is 11.8 Å². The molecule has 2 aromatic rings. The maximum atomic E-state index is 12.7. The van der Waals surface area contributed by atoms with Crippen molar-refractivity contribution >= 4 is 23.3 Å². The molecule has 1 heterocycles. The van der Waals surface area contributed by atoms with E-state index >= 15 is 0 Å². The van der Waals surface area contributed by atoms with Crippen LogP contribution in [0.15, 0.2) is 47.4 Å². The number of thioether (sulfide) groups is 1. The third kappa shape index (κ3) is 4.03. The molecule has 2 unspecified atom stereocenters. The number of nitrogens with one attached hydrogen (secondary N) is 1. The lowest BCUT2D eigenvalue weighted by Gasteiger charge is -2.31. The number of hydrogen-bond donors (Lipinski definition) is 1. The molecule has 0 bridgehead atoms. The Balaban J connectivity index is 2.10. The molecule has 0 radical (unpaired) electrons. The fraction of sp³-hybridized carbons (Fsp3) is 0.263. The van der Waals surface area contributed by atoms with Gasteiger partial charge in [-0.15, -0.1) is 0 Å². The second-order valence-corrected chi connectivity index (χ2v) is 7.43. The van der Waals surface area contributed by atoms with Crippen molar-refractivity contribution in [2.24, 2.45) is 5.92 Å². The lowest BCUT2D eigenvalue weighted by Crippen LogP contribution is -2.31. The van der Waals surface area contributed by atoms with Gasteiger partial charge in [0.2, 0.25) is 5.90 Å². The van der Waals surface area contributed by atoms with E-state index in [1.807, 2.05) is 25.1 Å². The summed E-state index contributed by atoms with van der Waals surface area (Å²) in [7, 11) is 3.73. The van der Waals surface area contributed by atoms with E-state index in [1.54, 1.807) is 18.2 Å². The van der Waals surface area contributed by atoms with Gasteiger partial charge >= 0.3 is 5.51 Å². The van der Waals surface area contributed by atoms with Crippen LogP contribution in [0.5, 0.6) is 5.75 Å². The standard InChI is InChI=1S/C19H16F3N3OS/c1-25(2)12-6-7-14-16(9-12)26-18(24)15(10-23)17(14)11-4-3-5-13(8-11)27-19(20,21)22/h3-9,15,17,24H,1-2H3. The molecule has 4 nitrogen and oxygen atoms in total. The first-order valence-electron chi connectivity index (χ1n) is 8.02. The number of rotatable bonds is 3. The summed E-state index contributed by atoms with van der Waals surface area (Å²) in [5.41, 5.74) is -2.31. The number of ether oxygens (including phenoxy) is 1. The van der Waals surface area contributed by atoms with Crippen LogP contribution in [-0.4, -0.2) is 25.5 Å². The number of nitrogens with zero attached hydrogens (tertiary/aromatic N) is 2. The fourth-order valence-electron chi connectivity index (χ4n) is 3.07. The maximum absolute atomic E-state index is 12.7. The van der Waals surface area contributed by atoms with E-state index < -0.39 is 17.3 Å². The van der Waals surface area contributed by atoms with Crippen LogP contribution in [0.25, 0.3) is 0 Å². The Kier molecular flexibility index (Phi) is 5.07. The number of hydrogen-bond acceptors (Lipinski definition) is 5. The molecule has 0 aromatic heterocycles. The second kappa shape index (κ2) is 7.16. The van der Waals surface area contributed by atoms with Crippen LogP contribution in [-0.2, 0) is 0 Å². The average molecular weight is 391 g/mol. The molecule has 140 valence electrons. The van der Waals surface area contributed by atoms with Gasteiger partial charge in [0.1, 0.15) is 11.7 Å². The van der Waals surface area contributed by atoms with E-state index in [2.05, 4.69) is 6.07 Å². The highest BCUT2D eigenvalue weighted by atomic mass is 32.2. The molecule has 8 heteroatoms. The van der Waals surface area contributed by atoms with E-state index in [4.69, 9.17) is 10.1 Å². The van der Waals surface area contributed by atoms with Crippen molar-refractivity contribution in [3.05, 3.63) is 53.6 Å². The Labute approximate surface area is 159 Å². The summed E-state index contributed by atoms with van der Waals surface area (Å²) in [4.78, 5) is 1.92. The van der Waals surface area contributed by atoms with Crippen LogP contribution < -0.4 is 9.64 Å². The van der Waals surface area contributed by atoms with Crippen LogP contribution in [0.2, 0.25) is 0 Å². The highest BCUT2D eigenvalue weighted by molar-refractivity contribution is 8.00. The van der Waals surface area contributed by atoms with E-state index in [-0.39, 0.29) is 22.6 Å². The third-order valence-corrected chi connectivity index (χ3v) is 5.00. The number of alkyl halides is 3. The molecule has 0 fully saturated rings. The number of fused-ring (bicyclic) bond motifs is 1. The molecule has 27 heavy (non-hydrogen) atoms. The van der Waals surface area contributed by atoms with Crippen LogP contribution in [0, 0.1) is 22.7 Å².